The van der Waals surface area contributed by atoms with Gasteiger partial charge in [0.25, 0.3) is 10.0 Å². The number of benzene rings is 2. The molecule has 2 N–H and O–H groups in total. The maximum absolute atomic E-state index is 13.2. The Balaban J connectivity index is 1.28. The molecule has 4 rings (SSSR count). The van der Waals surface area contributed by atoms with Crippen molar-refractivity contribution in [3.63, 3.8) is 0 Å². The summed E-state index contributed by atoms with van der Waals surface area (Å²) < 4.78 is 45.7. The predicted molar refractivity (Wildman–Crippen MR) is 116 cm³/mol. The van der Waals surface area contributed by atoms with Crippen molar-refractivity contribution in [3.05, 3.63) is 76.4 Å². The van der Waals surface area contributed by atoms with Crippen molar-refractivity contribution in [3.8, 4) is 0 Å². The van der Waals surface area contributed by atoms with Crippen LogP contribution in [0.5, 0.6) is 0 Å². The van der Waals surface area contributed by atoms with E-state index < -0.39 is 10.0 Å². The number of aromatic nitrogens is 1. The maximum atomic E-state index is 13.2. The van der Waals surface area contributed by atoms with E-state index >= 15 is 0 Å². The molecule has 0 radical (unpaired) electrons. The monoisotopic (exact) mass is 445 g/mol. The van der Waals surface area contributed by atoms with Gasteiger partial charge < -0.3 is 9.84 Å². The van der Waals surface area contributed by atoms with Crippen LogP contribution in [0.2, 0.25) is 0 Å². The van der Waals surface area contributed by atoms with E-state index in [0.717, 1.165) is 29.6 Å². The van der Waals surface area contributed by atoms with Crippen LogP contribution >= 0.6 is 11.3 Å². The first-order valence-electron chi connectivity index (χ1n) is 9.40. The molecule has 2 aromatic heterocycles. The zero-order valence-electron chi connectivity index (χ0n) is 16.0. The first kappa shape index (κ1) is 20.5. The second kappa shape index (κ2) is 8.95. The minimum atomic E-state index is -3.56. The van der Waals surface area contributed by atoms with Crippen LogP contribution in [0.3, 0.4) is 0 Å². The first-order valence-corrected chi connectivity index (χ1v) is 11.8. The summed E-state index contributed by atoms with van der Waals surface area (Å²) in [5.41, 5.74) is 2.78. The molecule has 4 aromatic rings. The molecule has 30 heavy (non-hydrogen) atoms. The third-order valence-corrected chi connectivity index (χ3v) is 6.80. The largest absolute Gasteiger partial charge is 0.356 e. The molecule has 0 amide bonds. The van der Waals surface area contributed by atoms with Crippen LogP contribution in [0, 0.1) is 5.82 Å². The number of anilines is 1. The molecular formula is C21H20FN3O3S2. The quantitative estimate of drug-likeness (QED) is 0.369. The van der Waals surface area contributed by atoms with Gasteiger partial charge in [-0.25, -0.2) is 12.8 Å². The Morgan fingerprint density at radius 2 is 2.03 bits per heavy atom. The van der Waals surface area contributed by atoms with E-state index in [-0.39, 0.29) is 10.7 Å². The van der Waals surface area contributed by atoms with E-state index in [1.165, 1.54) is 23.5 Å². The van der Waals surface area contributed by atoms with Gasteiger partial charge in [-0.05, 0) is 60.7 Å². The molecule has 0 aliphatic carbocycles. The molecule has 0 unspecified atom stereocenters. The van der Waals surface area contributed by atoms with Gasteiger partial charge in [-0.2, -0.15) is 11.3 Å². The van der Waals surface area contributed by atoms with Gasteiger partial charge in [0.1, 0.15) is 5.82 Å². The average Bonchev–Trinajstić information content (AvgIpc) is 3.38. The lowest BCUT2D eigenvalue weighted by molar-refractivity contribution is 0.442. The topological polar surface area (TPSA) is 84.2 Å². The zero-order chi connectivity index (χ0) is 21.0. The van der Waals surface area contributed by atoms with Crippen LogP contribution in [0.25, 0.3) is 11.0 Å². The highest BCUT2D eigenvalue weighted by atomic mass is 32.2. The molecule has 0 saturated carbocycles. The Morgan fingerprint density at radius 3 is 2.87 bits per heavy atom. The molecule has 0 atom stereocenters. The van der Waals surface area contributed by atoms with Gasteiger partial charge in [-0.3, -0.25) is 4.72 Å². The lowest BCUT2D eigenvalue weighted by Crippen LogP contribution is -2.16. The Labute approximate surface area is 177 Å². The van der Waals surface area contributed by atoms with E-state index in [9.17, 15) is 12.8 Å². The third-order valence-electron chi connectivity index (χ3n) is 4.59. The second-order valence-corrected chi connectivity index (χ2v) is 9.28. The van der Waals surface area contributed by atoms with Crippen molar-refractivity contribution >= 4 is 38.0 Å². The zero-order valence-corrected chi connectivity index (χ0v) is 17.6. The standard InChI is InChI=1S/C21H20FN3O3S2/c22-16-6-7-19-20(24-28-21(19)12-16)5-2-9-23-13-15-3-1-4-17(11-15)25-30(26,27)18-8-10-29-14-18/h1,3-4,6-8,10-12,14,23,25H,2,5,9,13H2. The number of aryl methyl sites for hydroxylation is 1. The van der Waals surface area contributed by atoms with E-state index in [4.69, 9.17) is 4.52 Å². The molecule has 6 nitrogen and oxygen atoms in total. The minimum absolute atomic E-state index is 0.263. The fourth-order valence-corrected chi connectivity index (χ4v) is 5.20. The van der Waals surface area contributed by atoms with Crippen LogP contribution in [0.1, 0.15) is 17.7 Å². The Bertz CT molecular complexity index is 1240. The summed E-state index contributed by atoms with van der Waals surface area (Å²) in [5, 5.41) is 11.5. The Hall–Kier alpha value is -2.75. The lowest BCUT2D eigenvalue weighted by atomic mass is 10.1. The normalized spacial score (nSPS) is 11.8. The number of nitrogens with one attached hydrogen (secondary N) is 2. The summed E-state index contributed by atoms with van der Waals surface area (Å²) in [6, 6.07) is 13.3. The molecule has 0 aliphatic rings. The van der Waals surface area contributed by atoms with Crippen LogP contribution < -0.4 is 10.0 Å². The summed E-state index contributed by atoms with van der Waals surface area (Å²) in [6.45, 7) is 1.36. The van der Waals surface area contributed by atoms with Crippen LogP contribution in [0.4, 0.5) is 10.1 Å². The lowest BCUT2D eigenvalue weighted by Gasteiger charge is -2.09. The number of hydrogen-bond donors (Lipinski definition) is 2. The van der Waals surface area contributed by atoms with Crippen molar-refractivity contribution in [2.75, 3.05) is 11.3 Å². The van der Waals surface area contributed by atoms with Crippen molar-refractivity contribution < 1.29 is 17.3 Å². The number of fused-ring (bicyclic) bond motifs is 1. The van der Waals surface area contributed by atoms with Crippen LogP contribution in [-0.2, 0) is 23.0 Å². The average molecular weight is 446 g/mol. The van der Waals surface area contributed by atoms with Gasteiger partial charge in [0.15, 0.2) is 5.58 Å². The number of hydrogen-bond acceptors (Lipinski definition) is 6. The summed E-state index contributed by atoms with van der Waals surface area (Å²) in [6.07, 6.45) is 1.55. The molecule has 0 fully saturated rings. The predicted octanol–water partition coefficient (Wildman–Crippen LogP) is 4.55. The number of nitrogens with zero attached hydrogens (tertiary/aromatic N) is 1. The van der Waals surface area contributed by atoms with Gasteiger partial charge in [0.05, 0.1) is 10.6 Å². The van der Waals surface area contributed by atoms with Gasteiger partial charge in [0.2, 0.25) is 0 Å². The maximum Gasteiger partial charge on any atom is 0.262 e. The van der Waals surface area contributed by atoms with E-state index in [2.05, 4.69) is 15.2 Å². The fourth-order valence-electron chi connectivity index (χ4n) is 3.12. The van der Waals surface area contributed by atoms with Crippen molar-refractivity contribution in [1.82, 2.24) is 10.5 Å². The highest BCUT2D eigenvalue weighted by Crippen LogP contribution is 2.21. The molecule has 156 valence electrons. The summed E-state index contributed by atoms with van der Waals surface area (Å²) in [7, 11) is -3.56. The molecular weight excluding hydrogens is 425 g/mol. The molecule has 0 saturated heterocycles. The Kier molecular flexibility index (Phi) is 6.12. The second-order valence-electron chi connectivity index (χ2n) is 6.82. The summed E-state index contributed by atoms with van der Waals surface area (Å²) in [5.74, 6) is -0.341. The van der Waals surface area contributed by atoms with Crippen molar-refractivity contribution in [2.24, 2.45) is 0 Å². The van der Waals surface area contributed by atoms with E-state index in [0.29, 0.717) is 24.2 Å². The highest BCUT2D eigenvalue weighted by molar-refractivity contribution is 7.92. The SMILES string of the molecule is O=S(=O)(Nc1cccc(CNCCCc2noc3cc(F)ccc23)c1)c1ccsc1. The first-order chi connectivity index (χ1) is 14.5. The molecule has 0 aliphatic heterocycles. The van der Waals surface area contributed by atoms with Gasteiger partial charge >= 0.3 is 0 Å². The van der Waals surface area contributed by atoms with E-state index in [1.807, 2.05) is 18.2 Å². The summed E-state index contributed by atoms with van der Waals surface area (Å²) >= 11 is 1.34. The molecule has 0 bridgehead atoms. The Morgan fingerprint density at radius 1 is 1.13 bits per heavy atom. The van der Waals surface area contributed by atoms with Crippen molar-refractivity contribution in [1.29, 1.82) is 0 Å². The molecule has 9 heteroatoms. The van der Waals surface area contributed by atoms with Gasteiger partial charge in [-0.1, -0.05) is 17.3 Å². The number of sulfonamides is 1. The van der Waals surface area contributed by atoms with E-state index in [1.54, 1.807) is 29.0 Å². The molecule has 0 spiro atoms. The minimum Gasteiger partial charge on any atom is -0.356 e. The third kappa shape index (κ3) is 4.86. The fraction of sp³-hybridized carbons (Fsp3) is 0.190. The summed E-state index contributed by atoms with van der Waals surface area (Å²) in [4.78, 5) is 0.263. The molecule has 2 heterocycles. The number of rotatable bonds is 9. The molecule has 2 aromatic carbocycles. The smallest absolute Gasteiger partial charge is 0.262 e. The van der Waals surface area contributed by atoms with Gasteiger partial charge in [-0.15, -0.1) is 0 Å². The van der Waals surface area contributed by atoms with Crippen LogP contribution in [-0.4, -0.2) is 20.1 Å². The number of thiophene rings is 1. The van der Waals surface area contributed by atoms with Crippen LogP contribution in [0.15, 0.2) is 68.7 Å². The highest BCUT2D eigenvalue weighted by Gasteiger charge is 2.14. The van der Waals surface area contributed by atoms with Gasteiger partial charge in [0, 0.05) is 29.1 Å². The number of halogens is 1. The van der Waals surface area contributed by atoms with Crippen molar-refractivity contribution in [2.45, 2.75) is 24.3 Å².